The van der Waals surface area contributed by atoms with Crippen molar-refractivity contribution in [2.75, 3.05) is 5.32 Å². The second kappa shape index (κ2) is 8.76. The Labute approximate surface area is 184 Å². The highest BCUT2D eigenvalue weighted by atomic mass is 16.2. The number of hydrogen-bond donors (Lipinski definition) is 1. The topological polar surface area (TPSA) is 44.7 Å². The molecule has 1 aliphatic rings. The van der Waals surface area contributed by atoms with Gasteiger partial charge < -0.3 is 5.32 Å². The summed E-state index contributed by atoms with van der Waals surface area (Å²) >= 11 is 0. The summed E-state index contributed by atoms with van der Waals surface area (Å²) in [5.74, 6) is 0.828. The summed E-state index contributed by atoms with van der Waals surface area (Å²) in [6.45, 7) is 8.70. The number of carbonyl (C=O) groups is 1. The van der Waals surface area contributed by atoms with Crippen LogP contribution < -0.4 is 5.32 Å². The highest BCUT2D eigenvalue weighted by Crippen LogP contribution is 2.33. The summed E-state index contributed by atoms with van der Waals surface area (Å²) in [5, 5.41) is 9.66. The van der Waals surface area contributed by atoms with Crippen LogP contribution in [-0.2, 0) is 0 Å². The molecule has 4 rings (SSSR count). The number of hydrazone groups is 1. The third-order valence-corrected chi connectivity index (χ3v) is 5.76. The molecule has 0 fully saturated rings. The molecular weight excluding hydrogens is 382 g/mol. The van der Waals surface area contributed by atoms with Gasteiger partial charge >= 0.3 is 0 Å². The van der Waals surface area contributed by atoms with Gasteiger partial charge in [-0.05, 0) is 46.2 Å². The summed E-state index contributed by atoms with van der Waals surface area (Å²) in [7, 11) is 0. The molecule has 0 radical (unpaired) electrons. The average Bonchev–Trinajstić information content (AvgIpc) is 2.78. The van der Waals surface area contributed by atoms with Crippen molar-refractivity contribution >= 4 is 17.8 Å². The van der Waals surface area contributed by atoms with Crippen LogP contribution in [0.25, 0.3) is 0 Å². The van der Waals surface area contributed by atoms with Crippen molar-refractivity contribution in [2.45, 2.75) is 45.7 Å². The Hall–Kier alpha value is -3.40. The summed E-state index contributed by atoms with van der Waals surface area (Å²) in [6.07, 6.45) is 1.39. The first kappa shape index (κ1) is 20.9. The molecule has 1 atom stereocenters. The lowest BCUT2D eigenvalue weighted by Crippen LogP contribution is -2.39. The fraction of sp³-hybridized carbons (Fsp3) is 0.259. The molecule has 1 N–H and O–H groups in total. The summed E-state index contributed by atoms with van der Waals surface area (Å²) in [6, 6.07) is 24.3. The van der Waals surface area contributed by atoms with Crippen molar-refractivity contribution in [3.05, 3.63) is 101 Å². The van der Waals surface area contributed by atoms with E-state index in [1.54, 1.807) is 11.2 Å². The lowest BCUT2D eigenvalue weighted by Gasteiger charge is -2.34. The minimum atomic E-state index is -0.366. The van der Waals surface area contributed by atoms with Crippen molar-refractivity contribution in [1.29, 1.82) is 0 Å². The lowest BCUT2D eigenvalue weighted by molar-refractivity contribution is 0.0691. The van der Waals surface area contributed by atoms with E-state index in [1.165, 1.54) is 11.1 Å². The van der Waals surface area contributed by atoms with E-state index in [1.807, 2.05) is 36.4 Å². The van der Waals surface area contributed by atoms with Gasteiger partial charge in [0.1, 0.15) is 0 Å². The maximum Gasteiger partial charge on any atom is 0.278 e. The number of amides is 1. The van der Waals surface area contributed by atoms with Crippen LogP contribution in [0.3, 0.4) is 0 Å². The zero-order valence-electron chi connectivity index (χ0n) is 18.5. The maximum atomic E-state index is 13.3. The summed E-state index contributed by atoms with van der Waals surface area (Å²) in [4.78, 5) is 13.3. The van der Waals surface area contributed by atoms with E-state index in [4.69, 9.17) is 0 Å². The van der Waals surface area contributed by atoms with E-state index in [-0.39, 0.29) is 12.1 Å². The quantitative estimate of drug-likeness (QED) is 0.485. The smallest absolute Gasteiger partial charge is 0.278 e. The van der Waals surface area contributed by atoms with Crippen molar-refractivity contribution in [1.82, 2.24) is 5.01 Å². The van der Waals surface area contributed by atoms with Crippen LogP contribution in [0.2, 0.25) is 0 Å². The van der Waals surface area contributed by atoms with Gasteiger partial charge in [0.05, 0.1) is 11.8 Å². The first-order valence-corrected chi connectivity index (χ1v) is 10.9. The SMILES string of the molecule is CC(C)c1ccc(/C=N/N2C(=O)c3ccccc3NC2c2ccc(C(C)C)cc2)cc1. The van der Waals surface area contributed by atoms with Gasteiger partial charge in [-0.1, -0.05) is 88.4 Å². The largest absolute Gasteiger partial charge is 0.359 e. The fourth-order valence-corrected chi connectivity index (χ4v) is 3.75. The van der Waals surface area contributed by atoms with Crippen molar-refractivity contribution in [3.63, 3.8) is 0 Å². The van der Waals surface area contributed by atoms with Gasteiger partial charge in [-0.25, -0.2) is 5.01 Å². The van der Waals surface area contributed by atoms with E-state index >= 15 is 0 Å². The van der Waals surface area contributed by atoms with Gasteiger partial charge in [0, 0.05) is 5.69 Å². The molecule has 31 heavy (non-hydrogen) atoms. The molecule has 1 aliphatic heterocycles. The molecule has 1 amide bonds. The van der Waals surface area contributed by atoms with Crippen LogP contribution >= 0.6 is 0 Å². The van der Waals surface area contributed by atoms with Crippen LogP contribution in [0.15, 0.2) is 77.9 Å². The number of rotatable bonds is 5. The minimum Gasteiger partial charge on any atom is -0.359 e. The Bertz CT molecular complexity index is 1080. The fourth-order valence-electron chi connectivity index (χ4n) is 3.75. The number of nitrogens with zero attached hydrogens (tertiary/aromatic N) is 2. The Balaban J connectivity index is 1.68. The molecule has 158 valence electrons. The molecule has 0 bridgehead atoms. The predicted molar refractivity (Wildman–Crippen MR) is 128 cm³/mol. The third-order valence-electron chi connectivity index (χ3n) is 5.76. The minimum absolute atomic E-state index is 0.109. The number of carbonyl (C=O) groups excluding carboxylic acids is 1. The number of hydrogen-bond acceptors (Lipinski definition) is 3. The Kier molecular flexibility index (Phi) is 5.90. The second-order valence-electron chi connectivity index (χ2n) is 8.63. The van der Waals surface area contributed by atoms with Gasteiger partial charge in [0.2, 0.25) is 0 Å². The molecule has 1 unspecified atom stereocenters. The number of benzene rings is 3. The normalized spacial score (nSPS) is 16.1. The van der Waals surface area contributed by atoms with Gasteiger partial charge in [0.25, 0.3) is 5.91 Å². The summed E-state index contributed by atoms with van der Waals surface area (Å²) < 4.78 is 0. The monoisotopic (exact) mass is 411 g/mol. The van der Waals surface area contributed by atoms with E-state index in [0.29, 0.717) is 17.4 Å². The lowest BCUT2D eigenvalue weighted by atomic mass is 9.99. The highest BCUT2D eigenvalue weighted by Gasteiger charge is 2.32. The average molecular weight is 412 g/mol. The van der Waals surface area contributed by atoms with Crippen molar-refractivity contribution in [3.8, 4) is 0 Å². The molecular formula is C27H29N3O. The molecule has 0 saturated carbocycles. The van der Waals surface area contributed by atoms with Gasteiger partial charge in [-0.15, -0.1) is 0 Å². The van der Waals surface area contributed by atoms with Gasteiger partial charge in [-0.2, -0.15) is 5.10 Å². The molecule has 3 aromatic rings. The molecule has 0 spiro atoms. The molecule has 0 aromatic heterocycles. The van der Waals surface area contributed by atoms with Crippen molar-refractivity contribution in [2.24, 2.45) is 5.10 Å². The van der Waals surface area contributed by atoms with Gasteiger partial charge in [0.15, 0.2) is 6.17 Å². The van der Waals surface area contributed by atoms with Crippen LogP contribution in [0.5, 0.6) is 0 Å². The summed E-state index contributed by atoms with van der Waals surface area (Å²) in [5.41, 5.74) is 5.98. The molecule has 4 heteroatoms. The van der Waals surface area contributed by atoms with E-state index in [2.05, 4.69) is 74.5 Å². The zero-order valence-corrected chi connectivity index (χ0v) is 18.5. The molecule has 0 saturated heterocycles. The maximum absolute atomic E-state index is 13.3. The first-order chi connectivity index (χ1) is 14.9. The van der Waals surface area contributed by atoms with Gasteiger partial charge in [-0.3, -0.25) is 4.79 Å². The zero-order chi connectivity index (χ0) is 22.0. The Morgan fingerprint density at radius 3 is 2.03 bits per heavy atom. The Morgan fingerprint density at radius 2 is 1.42 bits per heavy atom. The highest BCUT2D eigenvalue weighted by molar-refractivity contribution is 6.02. The number of para-hydroxylation sites is 1. The standard InChI is InChI=1S/C27H29N3O/c1-18(2)21-11-9-20(10-12-21)17-28-30-26(23-15-13-22(14-16-23)19(3)4)29-25-8-6-5-7-24(25)27(30)31/h5-19,26,29H,1-4H3/b28-17+. The second-order valence-corrected chi connectivity index (χ2v) is 8.63. The van der Waals surface area contributed by atoms with E-state index in [0.717, 1.165) is 16.8 Å². The van der Waals surface area contributed by atoms with Crippen molar-refractivity contribution < 1.29 is 4.79 Å². The van der Waals surface area contributed by atoms with Crippen LogP contribution in [0.4, 0.5) is 5.69 Å². The first-order valence-electron chi connectivity index (χ1n) is 10.9. The molecule has 1 heterocycles. The van der Waals surface area contributed by atoms with Crippen LogP contribution in [0.1, 0.15) is 78.3 Å². The number of anilines is 1. The van der Waals surface area contributed by atoms with Crippen LogP contribution in [0, 0.1) is 0 Å². The predicted octanol–water partition coefficient (Wildman–Crippen LogP) is 6.53. The number of nitrogens with one attached hydrogen (secondary N) is 1. The van der Waals surface area contributed by atoms with Crippen LogP contribution in [-0.4, -0.2) is 17.1 Å². The van der Waals surface area contributed by atoms with E-state index in [9.17, 15) is 4.79 Å². The van der Waals surface area contributed by atoms with E-state index < -0.39 is 0 Å². The molecule has 0 aliphatic carbocycles. The Morgan fingerprint density at radius 1 is 0.839 bits per heavy atom. The molecule has 4 nitrogen and oxygen atoms in total. The third kappa shape index (κ3) is 4.38. The number of fused-ring (bicyclic) bond motifs is 1. The molecule has 3 aromatic carbocycles.